The van der Waals surface area contributed by atoms with Gasteiger partial charge in [0.05, 0.1) is 6.10 Å². The van der Waals surface area contributed by atoms with Crippen molar-refractivity contribution in [2.45, 2.75) is 50.7 Å². The Bertz CT molecular complexity index is 263. The van der Waals surface area contributed by atoms with Crippen molar-refractivity contribution >= 4 is 5.97 Å². The van der Waals surface area contributed by atoms with Gasteiger partial charge in [-0.3, -0.25) is 4.79 Å². The second-order valence-corrected chi connectivity index (χ2v) is 5.58. The molecule has 0 aliphatic carbocycles. The lowest BCUT2D eigenvalue weighted by Crippen LogP contribution is -2.45. The summed E-state index contributed by atoms with van der Waals surface area (Å²) in [4.78, 5) is 13.1. The van der Waals surface area contributed by atoms with Crippen LogP contribution < -0.4 is 5.73 Å². The Morgan fingerprint density at radius 1 is 1.56 bits per heavy atom. The van der Waals surface area contributed by atoms with Crippen LogP contribution in [0.5, 0.6) is 0 Å². The molecule has 0 aromatic carbocycles. The number of carboxylic acids is 1. The van der Waals surface area contributed by atoms with Gasteiger partial charge in [0, 0.05) is 13.2 Å². The lowest BCUT2D eigenvalue weighted by Gasteiger charge is -2.28. The Kier molecular flexibility index (Phi) is 6.05. The monoisotopic (exact) mass is 258 g/mol. The van der Waals surface area contributed by atoms with E-state index in [1.165, 1.54) is 12.8 Å². The number of carbonyl (C=O) groups is 1. The summed E-state index contributed by atoms with van der Waals surface area (Å²) in [6, 6.07) is 0. The molecule has 1 fully saturated rings. The zero-order valence-electron chi connectivity index (χ0n) is 11.5. The molecule has 3 N–H and O–H groups in total. The minimum atomic E-state index is -1.11. The third kappa shape index (κ3) is 5.33. The number of hydrogen-bond acceptors (Lipinski definition) is 4. The van der Waals surface area contributed by atoms with E-state index in [4.69, 9.17) is 15.6 Å². The molecule has 2 unspecified atom stereocenters. The van der Waals surface area contributed by atoms with E-state index >= 15 is 0 Å². The van der Waals surface area contributed by atoms with Gasteiger partial charge in [-0.2, -0.15) is 0 Å². The van der Waals surface area contributed by atoms with Crippen LogP contribution in [0.25, 0.3) is 0 Å². The number of aliphatic carboxylic acids is 1. The third-order valence-corrected chi connectivity index (χ3v) is 3.51. The van der Waals surface area contributed by atoms with Crippen molar-refractivity contribution in [2.24, 2.45) is 5.73 Å². The molecule has 0 aromatic rings. The summed E-state index contributed by atoms with van der Waals surface area (Å²) < 4.78 is 5.67. The maximum atomic E-state index is 10.9. The Morgan fingerprint density at radius 3 is 2.83 bits per heavy atom. The van der Waals surface area contributed by atoms with Gasteiger partial charge in [0.15, 0.2) is 0 Å². The fourth-order valence-corrected chi connectivity index (χ4v) is 2.21. The first-order valence-electron chi connectivity index (χ1n) is 6.74. The molecule has 5 heteroatoms. The van der Waals surface area contributed by atoms with Crippen LogP contribution in [0, 0.1) is 0 Å². The van der Waals surface area contributed by atoms with Gasteiger partial charge in [-0.05, 0) is 52.6 Å². The van der Waals surface area contributed by atoms with Crippen LogP contribution in [-0.2, 0) is 9.53 Å². The number of carboxylic acid groups (broad SMARTS) is 1. The number of nitrogens with zero attached hydrogens (tertiary/aromatic N) is 1. The highest BCUT2D eigenvalue weighted by atomic mass is 16.5. The average Bonchev–Trinajstić information content (AvgIpc) is 2.29. The quantitative estimate of drug-likeness (QED) is 0.714. The lowest BCUT2D eigenvalue weighted by molar-refractivity contribution is -0.143. The average molecular weight is 258 g/mol. The molecule has 5 nitrogen and oxygen atoms in total. The Labute approximate surface area is 109 Å². The number of rotatable bonds is 7. The smallest absolute Gasteiger partial charge is 0.323 e. The van der Waals surface area contributed by atoms with E-state index in [-0.39, 0.29) is 0 Å². The Balaban J connectivity index is 2.16. The number of ether oxygens (including phenoxy) is 1. The fourth-order valence-electron chi connectivity index (χ4n) is 2.21. The van der Waals surface area contributed by atoms with Crippen molar-refractivity contribution < 1.29 is 14.6 Å². The van der Waals surface area contributed by atoms with E-state index in [9.17, 15) is 4.79 Å². The summed E-state index contributed by atoms with van der Waals surface area (Å²) in [7, 11) is 2.05. The summed E-state index contributed by atoms with van der Waals surface area (Å²) in [5, 5.41) is 8.91. The van der Waals surface area contributed by atoms with Gasteiger partial charge >= 0.3 is 5.97 Å². The maximum absolute atomic E-state index is 10.9. The maximum Gasteiger partial charge on any atom is 0.323 e. The van der Waals surface area contributed by atoms with E-state index in [0.717, 1.165) is 32.5 Å². The van der Waals surface area contributed by atoms with Crippen molar-refractivity contribution in [1.29, 1.82) is 0 Å². The first-order chi connectivity index (χ1) is 8.42. The lowest BCUT2D eigenvalue weighted by atomic mass is 9.97. The Morgan fingerprint density at radius 2 is 2.28 bits per heavy atom. The zero-order valence-corrected chi connectivity index (χ0v) is 11.5. The molecule has 2 atom stereocenters. The van der Waals surface area contributed by atoms with Crippen LogP contribution in [0.1, 0.15) is 39.0 Å². The summed E-state index contributed by atoms with van der Waals surface area (Å²) in [6.07, 6.45) is 5.19. The van der Waals surface area contributed by atoms with Crippen molar-refractivity contribution in [3.05, 3.63) is 0 Å². The zero-order chi connectivity index (χ0) is 13.6. The first kappa shape index (κ1) is 15.4. The van der Waals surface area contributed by atoms with Gasteiger partial charge in [0.2, 0.25) is 0 Å². The number of hydrogen-bond donors (Lipinski definition) is 2. The van der Waals surface area contributed by atoms with Gasteiger partial charge < -0.3 is 20.5 Å². The third-order valence-electron chi connectivity index (χ3n) is 3.51. The van der Waals surface area contributed by atoms with Crippen LogP contribution in [0.3, 0.4) is 0 Å². The van der Waals surface area contributed by atoms with Crippen molar-refractivity contribution in [2.75, 3.05) is 26.7 Å². The normalized spacial score (nSPS) is 23.9. The second-order valence-electron chi connectivity index (χ2n) is 5.58. The predicted octanol–water partition coefficient (Wildman–Crippen LogP) is 1.07. The molecule has 106 valence electrons. The van der Waals surface area contributed by atoms with Crippen LogP contribution in [0.4, 0.5) is 0 Å². The molecular formula is C13H26N2O3. The minimum absolute atomic E-state index is 0.340. The SMILES string of the molecule is CN(CCCC(C)(N)C(=O)O)CC1CCCCO1. The molecule has 0 radical (unpaired) electrons. The molecule has 0 amide bonds. The predicted molar refractivity (Wildman–Crippen MR) is 70.6 cm³/mol. The van der Waals surface area contributed by atoms with Crippen LogP contribution >= 0.6 is 0 Å². The molecular weight excluding hydrogens is 232 g/mol. The molecule has 1 saturated heterocycles. The van der Waals surface area contributed by atoms with Gasteiger partial charge in [0.25, 0.3) is 0 Å². The molecule has 0 aromatic heterocycles. The fraction of sp³-hybridized carbons (Fsp3) is 0.923. The topological polar surface area (TPSA) is 75.8 Å². The van der Waals surface area contributed by atoms with Crippen molar-refractivity contribution in [1.82, 2.24) is 4.90 Å². The second kappa shape index (κ2) is 7.07. The highest BCUT2D eigenvalue weighted by Gasteiger charge is 2.27. The molecule has 1 heterocycles. The molecule has 0 bridgehead atoms. The van der Waals surface area contributed by atoms with Crippen molar-refractivity contribution in [3.8, 4) is 0 Å². The van der Waals surface area contributed by atoms with Crippen LogP contribution in [-0.4, -0.2) is 54.4 Å². The van der Waals surface area contributed by atoms with Crippen LogP contribution in [0.15, 0.2) is 0 Å². The summed E-state index contributed by atoms with van der Waals surface area (Å²) in [5.41, 5.74) is 4.58. The highest BCUT2D eigenvalue weighted by Crippen LogP contribution is 2.14. The molecule has 1 aliphatic rings. The standard InChI is InChI=1S/C13H26N2O3/c1-13(14,12(16)17)7-5-8-15(2)10-11-6-3-4-9-18-11/h11H,3-10,14H2,1-2H3,(H,16,17). The summed E-state index contributed by atoms with van der Waals surface area (Å²) in [5.74, 6) is -0.930. The molecule has 0 saturated carbocycles. The number of likely N-dealkylation sites (N-methyl/N-ethyl adjacent to an activating group) is 1. The minimum Gasteiger partial charge on any atom is -0.480 e. The van der Waals surface area contributed by atoms with Gasteiger partial charge in [-0.1, -0.05) is 0 Å². The van der Waals surface area contributed by atoms with E-state index in [2.05, 4.69) is 4.90 Å². The Hall–Kier alpha value is -0.650. The molecule has 18 heavy (non-hydrogen) atoms. The van der Waals surface area contributed by atoms with Gasteiger partial charge in [0.1, 0.15) is 5.54 Å². The highest BCUT2D eigenvalue weighted by molar-refractivity contribution is 5.77. The number of nitrogens with two attached hydrogens (primary N) is 1. The summed E-state index contributed by atoms with van der Waals surface area (Å²) in [6.45, 7) is 4.23. The van der Waals surface area contributed by atoms with Crippen LogP contribution in [0.2, 0.25) is 0 Å². The first-order valence-corrected chi connectivity index (χ1v) is 6.74. The summed E-state index contributed by atoms with van der Waals surface area (Å²) >= 11 is 0. The van der Waals surface area contributed by atoms with E-state index in [1.807, 2.05) is 7.05 Å². The van der Waals surface area contributed by atoms with Gasteiger partial charge in [-0.15, -0.1) is 0 Å². The van der Waals surface area contributed by atoms with E-state index in [0.29, 0.717) is 12.5 Å². The van der Waals surface area contributed by atoms with E-state index < -0.39 is 11.5 Å². The van der Waals surface area contributed by atoms with E-state index in [1.54, 1.807) is 6.92 Å². The van der Waals surface area contributed by atoms with Crippen molar-refractivity contribution in [3.63, 3.8) is 0 Å². The van der Waals surface area contributed by atoms with Gasteiger partial charge in [-0.25, -0.2) is 0 Å². The molecule has 1 aliphatic heterocycles. The molecule has 0 spiro atoms. The molecule has 1 rings (SSSR count). The largest absolute Gasteiger partial charge is 0.480 e.